The molecule has 0 radical (unpaired) electrons. The molecule has 2 aliphatic carbocycles. The Balaban J connectivity index is 2.13. The van der Waals surface area contributed by atoms with Crippen LogP contribution in [0.3, 0.4) is 0 Å². The summed E-state index contributed by atoms with van der Waals surface area (Å²) in [7, 11) is 0. The molecule has 2 atom stereocenters. The van der Waals surface area contributed by atoms with Crippen LogP contribution in [-0.4, -0.2) is 5.78 Å². The van der Waals surface area contributed by atoms with Gasteiger partial charge in [0.25, 0.3) is 0 Å². The van der Waals surface area contributed by atoms with Crippen molar-refractivity contribution < 1.29 is 4.79 Å². The van der Waals surface area contributed by atoms with E-state index in [4.69, 9.17) is 0 Å². The van der Waals surface area contributed by atoms with Gasteiger partial charge in [-0.15, -0.1) is 0 Å². The summed E-state index contributed by atoms with van der Waals surface area (Å²) < 4.78 is 0. The SMILES string of the molecule is O=C1CCC[C@H]2CC=CCC12. The molecule has 2 aliphatic rings. The number of hydrogen-bond acceptors (Lipinski definition) is 1. The third kappa shape index (κ3) is 1.24. The molecule has 0 aromatic rings. The van der Waals surface area contributed by atoms with E-state index in [2.05, 4.69) is 12.2 Å². The van der Waals surface area contributed by atoms with Crippen molar-refractivity contribution in [2.75, 3.05) is 0 Å². The molecule has 0 aromatic heterocycles. The lowest BCUT2D eigenvalue weighted by atomic mass is 9.73. The van der Waals surface area contributed by atoms with Gasteiger partial charge in [0, 0.05) is 12.3 Å². The molecule has 1 saturated carbocycles. The molecule has 2 rings (SSSR count). The number of carbonyl (C=O) groups excluding carboxylic acids is 1. The van der Waals surface area contributed by atoms with E-state index < -0.39 is 0 Å². The summed E-state index contributed by atoms with van der Waals surface area (Å²) in [6, 6.07) is 0. The number of carbonyl (C=O) groups is 1. The maximum Gasteiger partial charge on any atom is 0.136 e. The minimum absolute atomic E-state index is 0.397. The zero-order chi connectivity index (χ0) is 7.68. The number of hydrogen-bond donors (Lipinski definition) is 0. The Bertz CT molecular complexity index is 193. The van der Waals surface area contributed by atoms with E-state index in [-0.39, 0.29) is 0 Å². The zero-order valence-electron chi connectivity index (χ0n) is 6.75. The van der Waals surface area contributed by atoms with Crippen molar-refractivity contribution in [1.29, 1.82) is 0 Å². The number of fused-ring (bicyclic) bond motifs is 1. The lowest BCUT2D eigenvalue weighted by Crippen LogP contribution is -2.29. The zero-order valence-corrected chi connectivity index (χ0v) is 6.75. The van der Waals surface area contributed by atoms with Crippen LogP contribution in [0.25, 0.3) is 0 Å². The fraction of sp³-hybridized carbons (Fsp3) is 0.700. The van der Waals surface area contributed by atoms with Gasteiger partial charge in [-0.3, -0.25) is 4.79 Å². The van der Waals surface area contributed by atoms with Crippen LogP contribution in [0.2, 0.25) is 0 Å². The third-order valence-corrected chi connectivity index (χ3v) is 2.98. The average Bonchev–Trinajstić information content (AvgIpc) is 2.06. The molecule has 1 unspecified atom stereocenters. The molecule has 0 amide bonds. The van der Waals surface area contributed by atoms with Gasteiger partial charge < -0.3 is 0 Å². The number of ketones is 1. The Morgan fingerprint density at radius 1 is 1.27 bits per heavy atom. The monoisotopic (exact) mass is 150 g/mol. The highest BCUT2D eigenvalue weighted by Gasteiger charge is 2.31. The number of Topliss-reactive ketones (excluding diaryl/α,β-unsaturated/α-hetero) is 1. The van der Waals surface area contributed by atoms with Crippen molar-refractivity contribution >= 4 is 5.78 Å². The van der Waals surface area contributed by atoms with Crippen molar-refractivity contribution in [1.82, 2.24) is 0 Å². The molecule has 0 saturated heterocycles. The highest BCUT2D eigenvalue weighted by atomic mass is 16.1. The molecular formula is C10H14O. The first-order valence-corrected chi connectivity index (χ1v) is 4.55. The van der Waals surface area contributed by atoms with E-state index in [9.17, 15) is 4.79 Å². The van der Waals surface area contributed by atoms with E-state index >= 15 is 0 Å². The van der Waals surface area contributed by atoms with Gasteiger partial charge in [-0.25, -0.2) is 0 Å². The van der Waals surface area contributed by atoms with Crippen LogP contribution in [0, 0.1) is 11.8 Å². The number of allylic oxidation sites excluding steroid dienone is 2. The molecule has 0 spiro atoms. The largest absolute Gasteiger partial charge is 0.299 e. The molecule has 0 bridgehead atoms. The second kappa shape index (κ2) is 2.80. The smallest absolute Gasteiger partial charge is 0.136 e. The van der Waals surface area contributed by atoms with Gasteiger partial charge in [0.2, 0.25) is 0 Å². The van der Waals surface area contributed by atoms with Crippen molar-refractivity contribution in [2.24, 2.45) is 11.8 Å². The highest BCUT2D eigenvalue weighted by Crippen LogP contribution is 2.35. The van der Waals surface area contributed by atoms with E-state index in [0.29, 0.717) is 17.6 Å². The van der Waals surface area contributed by atoms with Crippen LogP contribution < -0.4 is 0 Å². The molecule has 1 fully saturated rings. The molecular weight excluding hydrogens is 136 g/mol. The fourth-order valence-electron chi connectivity index (χ4n) is 2.31. The first-order valence-electron chi connectivity index (χ1n) is 4.55. The molecule has 11 heavy (non-hydrogen) atoms. The van der Waals surface area contributed by atoms with Crippen LogP contribution in [0.5, 0.6) is 0 Å². The van der Waals surface area contributed by atoms with Crippen LogP contribution in [0.15, 0.2) is 12.2 Å². The van der Waals surface area contributed by atoms with Gasteiger partial charge >= 0.3 is 0 Å². The van der Waals surface area contributed by atoms with Crippen LogP contribution in [-0.2, 0) is 4.79 Å². The minimum Gasteiger partial charge on any atom is -0.299 e. The summed E-state index contributed by atoms with van der Waals surface area (Å²) >= 11 is 0. The Morgan fingerprint density at radius 2 is 2.09 bits per heavy atom. The Labute approximate surface area is 67.5 Å². The van der Waals surface area contributed by atoms with Gasteiger partial charge in [-0.05, 0) is 31.6 Å². The van der Waals surface area contributed by atoms with Gasteiger partial charge in [0.15, 0.2) is 0 Å². The van der Waals surface area contributed by atoms with Gasteiger partial charge in [-0.2, -0.15) is 0 Å². The van der Waals surface area contributed by atoms with Crippen molar-refractivity contribution in [2.45, 2.75) is 32.1 Å². The highest BCUT2D eigenvalue weighted by molar-refractivity contribution is 5.82. The Kier molecular flexibility index (Phi) is 1.80. The molecule has 1 nitrogen and oxygen atoms in total. The first kappa shape index (κ1) is 7.08. The lowest BCUT2D eigenvalue weighted by Gasteiger charge is -2.31. The van der Waals surface area contributed by atoms with E-state index in [0.717, 1.165) is 25.7 Å². The molecule has 0 aromatic carbocycles. The summed E-state index contributed by atoms with van der Waals surface area (Å²) in [4.78, 5) is 11.4. The Morgan fingerprint density at radius 3 is 2.91 bits per heavy atom. The fourth-order valence-corrected chi connectivity index (χ4v) is 2.31. The maximum absolute atomic E-state index is 11.4. The summed E-state index contributed by atoms with van der Waals surface area (Å²) in [6.45, 7) is 0. The molecule has 0 heterocycles. The third-order valence-electron chi connectivity index (χ3n) is 2.98. The number of rotatable bonds is 0. The van der Waals surface area contributed by atoms with Crippen LogP contribution >= 0.6 is 0 Å². The second-order valence-electron chi connectivity index (χ2n) is 3.67. The maximum atomic E-state index is 11.4. The van der Waals surface area contributed by atoms with Crippen molar-refractivity contribution in [3.8, 4) is 0 Å². The summed E-state index contributed by atoms with van der Waals surface area (Å²) in [5, 5.41) is 0. The van der Waals surface area contributed by atoms with Gasteiger partial charge in [-0.1, -0.05) is 12.2 Å². The second-order valence-corrected chi connectivity index (χ2v) is 3.67. The van der Waals surface area contributed by atoms with Crippen LogP contribution in [0.4, 0.5) is 0 Å². The normalized spacial score (nSPS) is 36.9. The summed E-state index contributed by atoms with van der Waals surface area (Å²) in [6.07, 6.45) is 9.83. The van der Waals surface area contributed by atoms with Crippen LogP contribution in [0.1, 0.15) is 32.1 Å². The van der Waals surface area contributed by atoms with Crippen molar-refractivity contribution in [3.63, 3.8) is 0 Å². The van der Waals surface area contributed by atoms with Gasteiger partial charge in [0.05, 0.1) is 0 Å². The standard InChI is InChI=1S/C10H14O/c11-10-7-3-5-8-4-1-2-6-9(8)10/h1-2,8-9H,3-7H2/t8-,9?/m1/s1. The van der Waals surface area contributed by atoms with E-state index in [1.54, 1.807) is 0 Å². The molecule has 0 N–H and O–H groups in total. The minimum atomic E-state index is 0.397. The predicted octanol–water partition coefficient (Wildman–Crippen LogP) is 2.32. The van der Waals surface area contributed by atoms with E-state index in [1.165, 1.54) is 6.42 Å². The predicted molar refractivity (Wildman–Crippen MR) is 44.2 cm³/mol. The first-order chi connectivity index (χ1) is 5.38. The molecule has 60 valence electrons. The average molecular weight is 150 g/mol. The Hall–Kier alpha value is -0.590. The summed E-state index contributed by atoms with van der Waals surface area (Å²) in [5.41, 5.74) is 0. The quantitative estimate of drug-likeness (QED) is 0.484. The van der Waals surface area contributed by atoms with Crippen molar-refractivity contribution in [3.05, 3.63) is 12.2 Å². The van der Waals surface area contributed by atoms with Gasteiger partial charge in [0.1, 0.15) is 5.78 Å². The van der Waals surface area contributed by atoms with E-state index in [1.807, 2.05) is 0 Å². The lowest BCUT2D eigenvalue weighted by molar-refractivity contribution is -0.126. The molecule has 0 aliphatic heterocycles. The summed E-state index contributed by atoms with van der Waals surface area (Å²) in [5.74, 6) is 1.61. The molecule has 1 heteroatoms. The topological polar surface area (TPSA) is 17.1 Å².